The third kappa shape index (κ3) is 0.543. The molecule has 1 aromatic rings. The van der Waals surface area contributed by atoms with Crippen LogP contribution in [0.3, 0.4) is 0 Å². The Labute approximate surface area is 52.8 Å². The monoisotopic (exact) mass is 121 g/mol. The highest BCUT2D eigenvalue weighted by molar-refractivity contribution is 5.52. The number of aromatic nitrogens is 2. The van der Waals surface area contributed by atoms with Gasteiger partial charge in [-0.1, -0.05) is 6.08 Å². The van der Waals surface area contributed by atoms with Crippen molar-refractivity contribution in [1.29, 1.82) is 0 Å². The smallest absolute Gasteiger partial charge is 0.146 e. The molecule has 0 fully saturated rings. The van der Waals surface area contributed by atoms with Crippen molar-refractivity contribution in [2.24, 2.45) is 0 Å². The van der Waals surface area contributed by atoms with Crippen molar-refractivity contribution >= 4 is 11.9 Å². The number of nitrogens with two attached hydrogens (primary N) is 1. The van der Waals surface area contributed by atoms with Crippen LogP contribution >= 0.6 is 0 Å². The van der Waals surface area contributed by atoms with Crippen LogP contribution in [0.2, 0.25) is 0 Å². The molecule has 0 bridgehead atoms. The van der Waals surface area contributed by atoms with Crippen molar-refractivity contribution in [3.05, 3.63) is 17.8 Å². The Morgan fingerprint density at radius 3 is 3.33 bits per heavy atom. The van der Waals surface area contributed by atoms with E-state index in [1.54, 1.807) is 0 Å². The Balaban J connectivity index is 2.61. The van der Waals surface area contributed by atoms with E-state index < -0.39 is 0 Å². The lowest BCUT2D eigenvalue weighted by molar-refractivity contribution is 0.717. The summed E-state index contributed by atoms with van der Waals surface area (Å²) in [6.45, 7) is 0.868. The number of fused-ring (bicyclic) bond motifs is 1. The molecule has 3 nitrogen and oxygen atoms in total. The van der Waals surface area contributed by atoms with Crippen LogP contribution in [0, 0.1) is 0 Å². The molecule has 9 heavy (non-hydrogen) atoms. The van der Waals surface area contributed by atoms with Gasteiger partial charge < -0.3 is 5.73 Å². The highest BCUT2D eigenvalue weighted by Gasteiger charge is 2.04. The normalized spacial score (nSPS) is 14.2. The first kappa shape index (κ1) is 4.61. The van der Waals surface area contributed by atoms with Crippen molar-refractivity contribution < 1.29 is 0 Å². The fraction of sp³-hybridized carbons (Fsp3) is 0.167. The second-order valence-electron chi connectivity index (χ2n) is 2.08. The number of hydrogen-bond donors (Lipinski definition) is 1. The van der Waals surface area contributed by atoms with Gasteiger partial charge in [0.1, 0.15) is 5.82 Å². The van der Waals surface area contributed by atoms with Crippen molar-refractivity contribution in [2.45, 2.75) is 6.54 Å². The molecule has 0 aromatic carbocycles. The Kier molecular flexibility index (Phi) is 0.704. The van der Waals surface area contributed by atoms with E-state index in [2.05, 4.69) is 11.2 Å². The molecule has 0 spiro atoms. The Bertz CT molecular complexity index is 259. The van der Waals surface area contributed by atoms with Gasteiger partial charge in [0.2, 0.25) is 0 Å². The number of hydrogen-bond acceptors (Lipinski definition) is 2. The Morgan fingerprint density at radius 2 is 2.56 bits per heavy atom. The first-order valence-electron chi connectivity index (χ1n) is 2.86. The number of nitrogens with zero attached hydrogens (tertiary/aromatic N) is 2. The van der Waals surface area contributed by atoms with Gasteiger partial charge in [0.25, 0.3) is 0 Å². The summed E-state index contributed by atoms with van der Waals surface area (Å²) >= 11 is 0. The lowest BCUT2D eigenvalue weighted by Gasteiger charge is -1.88. The van der Waals surface area contributed by atoms with Crippen LogP contribution < -0.4 is 5.73 Å². The van der Waals surface area contributed by atoms with Crippen molar-refractivity contribution in [1.82, 2.24) is 9.78 Å². The van der Waals surface area contributed by atoms with E-state index >= 15 is 0 Å². The van der Waals surface area contributed by atoms with Gasteiger partial charge in [0, 0.05) is 6.07 Å². The number of allylic oxidation sites excluding steroid dienone is 1. The fourth-order valence-electron chi connectivity index (χ4n) is 1.01. The quantitative estimate of drug-likeness (QED) is 0.543. The van der Waals surface area contributed by atoms with E-state index in [9.17, 15) is 0 Å². The summed E-state index contributed by atoms with van der Waals surface area (Å²) in [5, 5.41) is 4.02. The molecule has 0 amide bonds. The molecule has 3 heteroatoms. The van der Waals surface area contributed by atoms with Crippen LogP contribution in [-0.4, -0.2) is 9.78 Å². The summed E-state index contributed by atoms with van der Waals surface area (Å²) in [7, 11) is 0. The summed E-state index contributed by atoms with van der Waals surface area (Å²) in [6.07, 6.45) is 4.07. The zero-order chi connectivity index (χ0) is 6.27. The van der Waals surface area contributed by atoms with Crippen molar-refractivity contribution in [3.63, 3.8) is 0 Å². The van der Waals surface area contributed by atoms with E-state index in [1.165, 1.54) is 0 Å². The fourth-order valence-corrected chi connectivity index (χ4v) is 1.01. The maximum Gasteiger partial charge on any atom is 0.146 e. The minimum absolute atomic E-state index is 0.606. The third-order valence-electron chi connectivity index (χ3n) is 1.40. The number of anilines is 1. The second kappa shape index (κ2) is 1.37. The van der Waals surface area contributed by atoms with Gasteiger partial charge in [-0.2, -0.15) is 5.10 Å². The van der Waals surface area contributed by atoms with Crippen LogP contribution in [0.4, 0.5) is 5.82 Å². The molecule has 0 aliphatic carbocycles. The molecule has 0 saturated carbocycles. The highest BCUT2D eigenvalue weighted by Crippen LogP contribution is 2.12. The van der Waals surface area contributed by atoms with E-state index in [0.717, 1.165) is 12.2 Å². The Hall–Kier alpha value is -1.25. The molecule has 1 aliphatic heterocycles. The zero-order valence-corrected chi connectivity index (χ0v) is 4.91. The van der Waals surface area contributed by atoms with E-state index in [0.29, 0.717) is 5.82 Å². The molecular weight excluding hydrogens is 114 g/mol. The average molecular weight is 121 g/mol. The van der Waals surface area contributed by atoms with Gasteiger partial charge in [-0.3, -0.25) is 4.68 Å². The Morgan fingerprint density at radius 1 is 1.67 bits per heavy atom. The lowest BCUT2D eigenvalue weighted by atomic mass is 10.4. The van der Waals surface area contributed by atoms with Crippen molar-refractivity contribution in [3.8, 4) is 0 Å². The molecule has 2 N–H and O–H groups in total. The van der Waals surface area contributed by atoms with Gasteiger partial charge in [-0.25, -0.2) is 0 Å². The molecule has 0 unspecified atom stereocenters. The zero-order valence-electron chi connectivity index (χ0n) is 4.91. The molecule has 0 saturated heterocycles. The van der Waals surface area contributed by atoms with Gasteiger partial charge >= 0.3 is 0 Å². The third-order valence-corrected chi connectivity index (χ3v) is 1.40. The molecule has 1 aliphatic rings. The lowest BCUT2D eigenvalue weighted by Crippen LogP contribution is -1.95. The predicted octanol–water partition coefficient (Wildman–Crippen LogP) is 0.492. The van der Waals surface area contributed by atoms with E-state index in [4.69, 9.17) is 5.73 Å². The molecular formula is C6H7N3. The summed E-state index contributed by atoms with van der Waals surface area (Å²) in [5.74, 6) is 0.606. The minimum Gasteiger partial charge on any atom is -0.382 e. The SMILES string of the molecule is Nc1cc2n(n1)CC=C2. The molecule has 0 radical (unpaired) electrons. The number of nitrogen functional groups attached to an aromatic ring is 1. The molecule has 2 heterocycles. The topological polar surface area (TPSA) is 43.8 Å². The maximum atomic E-state index is 5.42. The summed E-state index contributed by atoms with van der Waals surface area (Å²) in [5.41, 5.74) is 6.53. The van der Waals surface area contributed by atoms with Gasteiger partial charge in [-0.05, 0) is 6.08 Å². The molecule has 1 aromatic heterocycles. The molecule has 2 rings (SSSR count). The predicted molar refractivity (Wildman–Crippen MR) is 35.7 cm³/mol. The summed E-state index contributed by atoms with van der Waals surface area (Å²) in [4.78, 5) is 0. The van der Waals surface area contributed by atoms with Gasteiger partial charge in [0.05, 0.1) is 12.2 Å². The van der Waals surface area contributed by atoms with Crippen LogP contribution in [0.5, 0.6) is 0 Å². The minimum atomic E-state index is 0.606. The summed E-state index contributed by atoms with van der Waals surface area (Å²) in [6, 6.07) is 1.86. The first-order valence-corrected chi connectivity index (χ1v) is 2.86. The molecule has 46 valence electrons. The summed E-state index contributed by atoms with van der Waals surface area (Å²) < 4.78 is 1.87. The van der Waals surface area contributed by atoms with Crippen molar-refractivity contribution in [2.75, 3.05) is 5.73 Å². The van der Waals surface area contributed by atoms with E-state index in [1.807, 2.05) is 16.8 Å². The maximum absolute atomic E-state index is 5.42. The number of rotatable bonds is 0. The average Bonchev–Trinajstić information content (AvgIpc) is 2.22. The second-order valence-corrected chi connectivity index (χ2v) is 2.08. The molecule has 0 atom stereocenters. The van der Waals surface area contributed by atoms with Gasteiger partial charge in [0.15, 0.2) is 0 Å². The highest BCUT2D eigenvalue weighted by atomic mass is 15.3. The van der Waals surface area contributed by atoms with E-state index in [-0.39, 0.29) is 0 Å². The van der Waals surface area contributed by atoms with Crippen LogP contribution in [0.15, 0.2) is 12.1 Å². The first-order chi connectivity index (χ1) is 4.36. The standard InChI is InChI=1S/C6H7N3/c7-6-4-5-2-1-3-9(5)8-6/h1-2,4H,3H2,(H2,7,8). The van der Waals surface area contributed by atoms with Crippen LogP contribution in [0.1, 0.15) is 5.69 Å². The van der Waals surface area contributed by atoms with Gasteiger partial charge in [-0.15, -0.1) is 0 Å². The van der Waals surface area contributed by atoms with Crippen LogP contribution in [-0.2, 0) is 6.54 Å². The largest absolute Gasteiger partial charge is 0.382 e. The van der Waals surface area contributed by atoms with Crippen LogP contribution in [0.25, 0.3) is 6.08 Å².